The minimum Gasteiger partial charge on any atom is -0.619 e. The molecule has 1 amide bonds. The van der Waals surface area contributed by atoms with Crippen molar-refractivity contribution in [3.8, 4) is 11.5 Å². The standard InChI is InChI=1S/C27H20Cl3N3O4/c1-36-17-6-3-15(4-7-17)12-33-22-9-5-16(28)11-19(22)24-18(8-10-23(37-2)26(24)33)27(34)31-25-20(29)13-32(35)14-21(25)30/h3-11,13-14H,12H2,1-2H3,(H,31,34). The van der Waals surface area contributed by atoms with Crippen molar-refractivity contribution < 1.29 is 19.0 Å². The number of ether oxygens (including phenoxy) is 2. The van der Waals surface area contributed by atoms with Crippen molar-refractivity contribution in [2.75, 3.05) is 19.5 Å². The van der Waals surface area contributed by atoms with E-state index in [1.807, 2.05) is 36.4 Å². The largest absolute Gasteiger partial charge is 0.619 e. The van der Waals surface area contributed by atoms with E-state index >= 15 is 0 Å². The molecule has 0 aliphatic heterocycles. The molecule has 5 rings (SSSR count). The highest BCUT2D eigenvalue weighted by Gasteiger charge is 2.23. The molecule has 3 aromatic carbocycles. The van der Waals surface area contributed by atoms with Crippen LogP contribution in [0.5, 0.6) is 11.5 Å². The van der Waals surface area contributed by atoms with Gasteiger partial charge in [-0.1, -0.05) is 46.9 Å². The maximum absolute atomic E-state index is 13.6. The van der Waals surface area contributed by atoms with Crippen molar-refractivity contribution in [2.45, 2.75) is 6.54 Å². The summed E-state index contributed by atoms with van der Waals surface area (Å²) >= 11 is 18.8. The van der Waals surface area contributed by atoms with Crippen LogP contribution >= 0.6 is 34.8 Å². The molecule has 0 spiro atoms. The van der Waals surface area contributed by atoms with Crippen LogP contribution in [0.1, 0.15) is 15.9 Å². The Balaban J connectivity index is 1.71. The van der Waals surface area contributed by atoms with Gasteiger partial charge in [-0.2, -0.15) is 4.73 Å². The lowest BCUT2D eigenvalue weighted by Crippen LogP contribution is -2.25. The number of nitrogens with zero attached hydrogens (tertiary/aromatic N) is 2. The van der Waals surface area contributed by atoms with E-state index in [9.17, 15) is 10.0 Å². The molecule has 7 nitrogen and oxygen atoms in total. The monoisotopic (exact) mass is 555 g/mol. The number of nitrogens with one attached hydrogen (secondary N) is 1. The first-order chi connectivity index (χ1) is 17.8. The zero-order valence-electron chi connectivity index (χ0n) is 19.7. The van der Waals surface area contributed by atoms with Crippen LogP contribution in [-0.2, 0) is 6.54 Å². The second kappa shape index (κ2) is 10.0. The van der Waals surface area contributed by atoms with Gasteiger partial charge in [0.1, 0.15) is 21.5 Å². The highest BCUT2D eigenvalue weighted by Crippen LogP contribution is 2.39. The van der Waals surface area contributed by atoms with Crippen molar-refractivity contribution in [3.63, 3.8) is 0 Å². The molecular formula is C27H20Cl3N3O4. The number of hydrogen-bond donors (Lipinski definition) is 1. The molecule has 10 heteroatoms. The van der Waals surface area contributed by atoms with E-state index in [2.05, 4.69) is 9.88 Å². The van der Waals surface area contributed by atoms with Crippen LogP contribution < -0.4 is 19.5 Å². The number of pyridine rings is 1. The normalized spacial score (nSPS) is 11.2. The third kappa shape index (κ3) is 4.62. The van der Waals surface area contributed by atoms with Crippen LogP contribution in [0.25, 0.3) is 21.8 Å². The fourth-order valence-electron chi connectivity index (χ4n) is 4.41. The summed E-state index contributed by atoms with van der Waals surface area (Å²) in [6.07, 6.45) is 2.24. The maximum Gasteiger partial charge on any atom is 0.256 e. The topological polar surface area (TPSA) is 79.4 Å². The second-order valence-electron chi connectivity index (χ2n) is 8.28. The summed E-state index contributed by atoms with van der Waals surface area (Å²) in [5.41, 5.74) is 3.13. The number of hydrogen-bond acceptors (Lipinski definition) is 4. The summed E-state index contributed by atoms with van der Waals surface area (Å²) in [6.45, 7) is 0.507. The van der Waals surface area contributed by atoms with Gasteiger partial charge in [0.15, 0.2) is 0 Å². The molecule has 0 bridgehead atoms. The predicted molar refractivity (Wildman–Crippen MR) is 146 cm³/mol. The highest BCUT2D eigenvalue weighted by atomic mass is 35.5. The summed E-state index contributed by atoms with van der Waals surface area (Å²) in [5.74, 6) is 0.897. The average molecular weight is 557 g/mol. The van der Waals surface area contributed by atoms with Crippen molar-refractivity contribution in [2.24, 2.45) is 0 Å². The highest BCUT2D eigenvalue weighted by molar-refractivity contribution is 6.40. The summed E-state index contributed by atoms with van der Waals surface area (Å²) < 4.78 is 13.6. The third-order valence-electron chi connectivity index (χ3n) is 6.09. The number of carbonyl (C=O) groups is 1. The number of methoxy groups -OCH3 is 2. The third-order valence-corrected chi connectivity index (χ3v) is 6.90. The van der Waals surface area contributed by atoms with Gasteiger partial charge in [-0.15, -0.1) is 0 Å². The molecule has 0 saturated heterocycles. The van der Waals surface area contributed by atoms with E-state index in [1.54, 1.807) is 32.4 Å². The molecular weight excluding hydrogens is 537 g/mol. The number of fused-ring (bicyclic) bond motifs is 3. The summed E-state index contributed by atoms with van der Waals surface area (Å²) in [7, 11) is 3.20. The summed E-state index contributed by atoms with van der Waals surface area (Å²) in [4.78, 5) is 13.6. The average Bonchev–Trinajstić information content (AvgIpc) is 3.19. The van der Waals surface area contributed by atoms with Crippen molar-refractivity contribution in [1.82, 2.24) is 4.57 Å². The number of halogens is 3. The van der Waals surface area contributed by atoms with Crippen molar-refractivity contribution in [1.29, 1.82) is 0 Å². The molecule has 0 aliphatic rings. The minimum absolute atomic E-state index is 0.0191. The molecule has 0 unspecified atom stereocenters. The molecule has 37 heavy (non-hydrogen) atoms. The summed E-state index contributed by atoms with van der Waals surface area (Å²) in [6, 6.07) is 16.7. The molecule has 0 atom stereocenters. The van der Waals surface area contributed by atoms with Crippen LogP contribution in [0.15, 0.2) is 67.0 Å². The molecule has 1 N–H and O–H groups in total. The van der Waals surface area contributed by atoms with Gasteiger partial charge in [0.2, 0.25) is 12.4 Å². The Labute approximate surface area is 227 Å². The number of anilines is 1. The van der Waals surface area contributed by atoms with Gasteiger partial charge < -0.3 is 24.6 Å². The quantitative estimate of drug-likeness (QED) is 0.186. The lowest BCUT2D eigenvalue weighted by atomic mass is 10.0. The number of amides is 1. The lowest BCUT2D eigenvalue weighted by Gasteiger charge is -2.13. The second-order valence-corrected chi connectivity index (χ2v) is 9.53. The van der Waals surface area contributed by atoms with E-state index in [-0.39, 0.29) is 15.7 Å². The van der Waals surface area contributed by atoms with Crippen LogP contribution in [0.4, 0.5) is 5.69 Å². The van der Waals surface area contributed by atoms with E-state index in [0.29, 0.717) is 33.0 Å². The molecule has 188 valence electrons. The number of benzene rings is 3. The fourth-order valence-corrected chi connectivity index (χ4v) is 5.12. The van der Waals surface area contributed by atoms with Gasteiger partial charge >= 0.3 is 0 Å². The Morgan fingerprint density at radius 3 is 2.32 bits per heavy atom. The molecule has 5 aromatic rings. The first kappa shape index (κ1) is 25.0. The Bertz CT molecular complexity index is 1640. The molecule has 0 aliphatic carbocycles. The van der Waals surface area contributed by atoms with Gasteiger partial charge in [-0.3, -0.25) is 4.79 Å². The van der Waals surface area contributed by atoms with Crippen LogP contribution in [0, 0.1) is 5.21 Å². The predicted octanol–water partition coefficient (Wildman–Crippen LogP) is 6.71. The first-order valence-corrected chi connectivity index (χ1v) is 12.2. The maximum atomic E-state index is 13.6. The van der Waals surface area contributed by atoms with E-state index in [4.69, 9.17) is 44.3 Å². The van der Waals surface area contributed by atoms with Gasteiger partial charge in [0.25, 0.3) is 5.91 Å². The SMILES string of the molecule is COc1ccc(Cn2c3ccc(Cl)cc3c3c(C(=O)Nc4c(Cl)c[n+]([O-])cc4Cl)ccc(OC)c32)cc1. The number of rotatable bonds is 6. The number of aromatic nitrogens is 2. The van der Waals surface area contributed by atoms with E-state index in [0.717, 1.165) is 40.1 Å². The van der Waals surface area contributed by atoms with Crippen molar-refractivity contribution in [3.05, 3.63) is 98.4 Å². The fraction of sp³-hybridized carbons (Fsp3) is 0.111. The van der Waals surface area contributed by atoms with E-state index < -0.39 is 5.91 Å². The number of carbonyl (C=O) groups excluding carboxylic acids is 1. The Kier molecular flexibility index (Phi) is 6.77. The summed E-state index contributed by atoms with van der Waals surface area (Å²) in [5, 5.41) is 16.4. The van der Waals surface area contributed by atoms with Gasteiger partial charge in [0.05, 0.1) is 25.4 Å². The van der Waals surface area contributed by atoms with Crippen LogP contribution in [-0.4, -0.2) is 24.7 Å². The smallest absolute Gasteiger partial charge is 0.256 e. The minimum atomic E-state index is -0.455. The zero-order valence-corrected chi connectivity index (χ0v) is 22.0. The Morgan fingerprint density at radius 1 is 0.973 bits per heavy atom. The van der Waals surface area contributed by atoms with Crippen LogP contribution in [0.2, 0.25) is 15.1 Å². The Morgan fingerprint density at radius 2 is 1.68 bits per heavy atom. The first-order valence-electron chi connectivity index (χ1n) is 11.1. The van der Waals surface area contributed by atoms with Gasteiger partial charge in [-0.25, -0.2) is 0 Å². The molecule has 0 radical (unpaired) electrons. The van der Waals surface area contributed by atoms with Crippen LogP contribution in [0.3, 0.4) is 0 Å². The molecule has 2 heterocycles. The van der Waals surface area contributed by atoms with Crippen molar-refractivity contribution >= 4 is 68.2 Å². The van der Waals surface area contributed by atoms with Gasteiger partial charge in [-0.05, 0) is 48.0 Å². The van der Waals surface area contributed by atoms with E-state index in [1.165, 1.54) is 0 Å². The van der Waals surface area contributed by atoms with Gasteiger partial charge in [0, 0.05) is 33.4 Å². The zero-order chi connectivity index (χ0) is 26.3. The molecule has 2 aromatic heterocycles. The molecule has 0 saturated carbocycles. The lowest BCUT2D eigenvalue weighted by molar-refractivity contribution is -0.605. The molecule has 0 fully saturated rings. The Hall–Kier alpha value is -3.65.